The zero-order valence-electron chi connectivity index (χ0n) is 17.5. The third kappa shape index (κ3) is 2.65. The van der Waals surface area contributed by atoms with E-state index in [-0.39, 0.29) is 23.1 Å². The average Bonchev–Trinajstić information content (AvgIpc) is 2.86. The predicted octanol–water partition coefficient (Wildman–Crippen LogP) is 3.39. The van der Waals surface area contributed by atoms with Gasteiger partial charge in [-0.15, -0.1) is 0 Å². The minimum absolute atomic E-state index is 0.108. The molecule has 0 aromatic carbocycles. The van der Waals surface area contributed by atoms with Gasteiger partial charge in [-0.2, -0.15) is 0 Å². The number of carbonyl (C=O) groups is 2. The van der Waals surface area contributed by atoms with Crippen molar-refractivity contribution in [3.8, 4) is 0 Å². The minimum atomic E-state index is -0.828. The number of nitrogens with one attached hydrogen (secondary N) is 1. The van der Waals surface area contributed by atoms with E-state index in [0.717, 1.165) is 38.5 Å². The average molecular weight is 366 g/mol. The second-order valence-corrected chi connectivity index (χ2v) is 10.3. The molecule has 3 atom stereocenters. The van der Waals surface area contributed by atoms with E-state index in [1.165, 1.54) is 7.11 Å². The molecule has 0 amide bonds. The number of hydrogen-bond acceptors (Lipinski definition) is 5. The molecule has 3 fully saturated rings. The highest BCUT2D eigenvalue weighted by Gasteiger charge is 2.80. The summed E-state index contributed by atoms with van der Waals surface area (Å²) in [6.07, 6.45) is 5.07. The Hall–Kier alpha value is -0.940. The Balaban J connectivity index is 1.97. The van der Waals surface area contributed by atoms with Crippen molar-refractivity contribution >= 4 is 11.8 Å². The lowest BCUT2D eigenvalue weighted by Gasteiger charge is -2.44. The van der Waals surface area contributed by atoms with Crippen molar-refractivity contribution in [1.82, 2.24) is 5.32 Å². The molecule has 0 spiro atoms. The largest absolute Gasteiger partial charge is 0.468 e. The van der Waals surface area contributed by atoms with Crippen molar-refractivity contribution in [3.63, 3.8) is 0 Å². The van der Waals surface area contributed by atoms with Crippen molar-refractivity contribution in [2.24, 2.45) is 11.3 Å². The standard InChI is InChI=1S/C21H35NO4/c1-17(2,3)26-19(6)13-10-14-18(4,5)21(14,15(19)23)22-20(16(24)25-7)11-8-9-12-20/h14,22H,8-13H2,1-7H3/t14?,19-,21-/m0/s1. The minimum Gasteiger partial charge on any atom is -0.468 e. The smallest absolute Gasteiger partial charge is 0.326 e. The van der Waals surface area contributed by atoms with Crippen LogP contribution in [0.5, 0.6) is 0 Å². The van der Waals surface area contributed by atoms with Crippen molar-refractivity contribution in [2.45, 2.75) is 102 Å². The number of fused-ring (bicyclic) bond motifs is 1. The molecule has 148 valence electrons. The van der Waals surface area contributed by atoms with Crippen LogP contribution < -0.4 is 5.32 Å². The summed E-state index contributed by atoms with van der Waals surface area (Å²) in [5.74, 6) is 0.111. The SMILES string of the molecule is COC(=O)C1(N[C@]23C(=O)[C@@](C)(OC(C)(C)C)CCC2C3(C)C)CCCC1. The molecule has 5 heteroatoms. The molecule has 0 bridgehead atoms. The summed E-state index contributed by atoms with van der Waals surface area (Å²) in [5.41, 5.74) is -2.86. The van der Waals surface area contributed by atoms with Crippen molar-refractivity contribution in [2.75, 3.05) is 7.11 Å². The zero-order valence-corrected chi connectivity index (χ0v) is 17.5. The summed E-state index contributed by atoms with van der Waals surface area (Å²) in [5, 5.41) is 3.61. The maximum absolute atomic E-state index is 13.8. The number of methoxy groups -OCH3 is 1. The molecule has 0 radical (unpaired) electrons. The van der Waals surface area contributed by atoms with Gasteiger partial charge in [0.05, 0.1) is 18.2 Å². The molecule has 3 saturated carbocycles. The molecule has 5 nitrogen and oxygen atoms in total. The molecule has 3 aliphatic rings. The van der Waals surface area contributed by atoms with Crippen LogP contribution in [0.1, 0.15) is 80.1 Å². The van der Waals surface area contributed by atoms with Gasteiger partial charge in [-0.25, -0.2) is 0 Å². The molecular formula is C21H35NO4. The summed E-state index contributed by atoms with van der Waals surface area (Å²) >= 11 is 0. The molecule has 0 aliphatic heterocycles. The highest BCUT2D eigenvalue weighted by atomic mass is 16.5. The van der Waals surface area contributed by atoms with Gasteiger partial charge < -0.3 is 9.47 Å². The fourth-order valence-corrected chi connectivity index (χ4v) is 5.86. The molecule has 0 aromatic heterocycles. The maximum atomic E-state index is 13.8. The highest BCUT2D eigenvalue weighted by molar-refractivity contribution is 6.02. The molecule has 0 heterocycles. The first-order valence-electron chi connectivity index (χ1n) is 9.98. The molecule has 3 aliphatic carbocycles. The van der Waals surface area contributed by atoms with Crippen molar-refractivity contribution < 1.29 is 19.1 Å². The quantitative estimate of drug-likeness (QED) is 0.774. The first kappa shape index (κ1) is 19.8. The fraction of sp³-hybridized carbons (Fsp3) is 0.905. The number of ether oxygens (including phenoxy) is 2. The lowest BCUT2D eigenvalue weighted by atomic mass is 9.78. The van der Waals surface area contributed by atoms with Crippen LogP contribution in [-0.2, 0) is 19.1 Å². The van der Waals surface area contributed by atoms with E-state index in [9.17, 15) is 9.59 Å². The van der Waals surface area contributed by atoms with Gasteiger partial charge in [0, 0.05) is 0 Å². The Morgan fingerprint density at radius 2 is 1.69 bits per heavy atom. The Morgan fingerprint density at radius 3 is 2.19 bits per heavy atom. The van der Waals surface area contributed by atoms with Crippen LogP contribution in [0.4, 0.5) is 0 Å². The van der Waals surface area contributed by atoms with Gasteiger partial charge in [-0.1, -0.05) is 26.7 Å². The summed E-state index contributed by atoms with van der Waals surface area (Å²) in [6, 6.07) is 0. The van der Waals surface area contributed by atoms with E-state index in [4.69, 9.17) is 9.47 Å². The van der Waals surface area contributed by atoms with E-state index in [0.29, 0.717) is 0 Å². The van der Waals surface area contributed by atoms with E-state index in [2.05, 4.69) is 19.2 Å². The van der Waals surface area contributed by atoms with Gasteiger partial charge in [-0.3, -0.25) is 14.9 Å². The first-order chi connectivity index (χ1) is 11.8. The van der Waals surface area contributed by atoms with Crippen LogP contribution in [0.3, 0.4) is 0 Å². The number of ketones is 1. The highest BCUT2D eigenvalue weighted by Crippen LogP contribution is 2.69. The summed E-state index contributed by atoms with van der Waals surface area (Å²) < 4.78 is 11.4. The van der Waals surface area contributed by atoms with Gasteiger partial charge >= 0.3 is 5.97 Å². The summed E-state index contributed by atoms with van der Waals surface area (Å²) in [4.78, 5) is 26.5. The molecule has 1 N–H and O–H groups in total. The van der Waals surface area contributed by atoms with E-state index in [1.807, 2.05) is 27.7 Å². The van der Waals surface area contributed by atoms with Crippen molar-refractivity contribution in [1.29, 1.82) is 0 Å². The Morgan fingerprint density at radius 1 is 1.12 bits per heavy atom. The monoisotopic (exact) mass is 365 g/mol. The molecule has 1 unspecified atom stereocenters. The topological polar surface area (TPSA) is 64.6 Å². The number of rotatable bonds is 4. The van der Waals surface area contributed by atoms with Gasteiger partial charge in [0.2, 0.25) is 0 Å². The Kier molecular flexibility index (Phi) is 4.40. The molecule has 0 aromatic rings. The van der Waals surface area contributed by atoms with Crippen LogP contribution in [-0.4, -0.2) is 41.1 Å². The van der Waals surface area contributed by atoms with Crippen LogP contribution in [0.15, 0.2) is 0 Å². The molecular weight excluding hydrogens is 330 g/mol. The number of carbonyl (C=O) groups excluding carboxylic acids is 2. The van der Waals surface area contributed by atoms with Gasteiger partial charge in [0.15, 0.2) is 5.78 Å². The van der Waals surface area contributed by atoms with Crippen LogP contribution in [0, 0.1) is 11.3 Å². The van der Waals surface area contributed by atoms with E-state index < -0.39 is 22.3 Å². The van der Waals surface area contributed by atoms with Gasteiger partial charge in [0.25, 0.3) is 0 Å². The van der Waals surface area contributed by atoms with E-state index >= 15 is 0 Å². The number of hydrogen-bond donors (Lipinski definition) is 1. The number of Topliss-reactive ketones (excluding diaryl/α,β-unsaturated/α-hetero) is 1. The summed E-state index contributed by atoms with van der Waals surface area (Å²) in [7, 11) is 1.44. The Labute approximate surface area is 157 Å². The van der Waals surface area contributed by atoms with Crippen LogP contribution >= 0.6 is 0 Å². The zero-order chi connectivity index (χ0) is 19.6. The normalized spacial score (nSPS) is 38.0. The number of esters is 1. The summed E-state index contributed by atoms with van der Waals surface area (Å²) in [6.45, 7) is 12.2. The first-order valence-corrected chi connectivity index (χ1v) is 9.98. The van der Waals surface area contributed by atoms with E-state index in [1.54, 1.807) is 0 Å². The third-order valence-electron chi connectivity index (χ3n) is 7.08. The van der Waals surface area contributed by atoms with Gasteiger partial charge in [0.1, 0.15) is 11.1 Å². The van der Waals surface area contributed by atoms with Gasteiger partial charge in [-0.05, 0) is 64.7 Å². The second kappa shape index (κ2) is 5.78. The predicted molar refractivity (Wildman–Crippen MR) is 99.8 cm³/mol. The third-order valence-corrected chi connectivity index (χ3v) is 7.08. The molecule has 26 heavy (non-hydrogen) atoms. The molecule has 0 saturated heterocycles. The van der Waals surface area contributed by atoms with Crippen molar-refractivity contribution in [3.05, 3.63) is 0 Å². The second-order valence-electron chi connectivity index (χ2n) is 10.3. The lowest BCUT2D eigenvalue weighted by molar-refractivity contribution is -0.172. The van der Waals surface area contributed by atoms with Crippen LogP contribution in [0.2, 0.25) is 0 Å². The Bertz CT molecular complexity index is 614. The molecule has 3 rings (SSSR count). The van der Waals surface area contributed by atoms with Crippen LogP contribution in [0.25, 0.3) is 0 Å². The fourth-order valence-electron chi connectivity index (χ4n) is 5.86. The maximum Gasteiger partial charge on any atom is 0.326 e. The lowest BCUT2D eigenvalue weighted by Crippen LogP contribution is -2.66.